The maximum absolute atomic E-state index is 12.9. The van der Waals surface area contributed by atoms with E-state index < -0.39 is 12.8 Å². The third-order valence-electron chi connectivity index (χ3n) is 5.10. The van der Waals surface area contributed by atoms with Gasteiger partial charge in [0.1, 0.15) is 0 Å². The summed E-state index contributed by atoms with van der Waals surface area (Å²) in [5.41, 5.74) is 4.29. The molecule has 0 saturated carbocycles. The first-order valence-corrected chi connectivity index (χ1v) is 11.9. The van der Waals surface area contributed by atoms with Gasteiger partial charge in [-0.25, -0.2) is 4.79 Å². The van der Waals surface area contributed by atoms with Crippen LogP contribution in [0.2, 0.25) is 0 Å². The number of ether oxygens (including phenoxy) is 2. The molecular weight excluding hydrogens is 446 g/mol. The first-order valence-electron chi connectivity index (χ1n) is 11.9. The first kappa shape index (κ1) is 27.7. The number of carbonyl (C=O) groups excluding carboxylic acids is 3. The van der Waals surface area contributed by atoms with Crippen molar-refractivity contribution in [1.82, 2.24) is 0 Å². The molecule has 2 rings (SSSR count). The molecule has 2 aromatic carbocycles. The van der Waals surface area contributed by atoms with Gasteiger partial charge in [-0.3, -0.25) is 9.59 Å². The number of rotatable bonds is 13. The number of aryl methyl sites for hydroxylation is 2. The molecule has 8 heteroatoms. The molecule has 0 spiro atoms. The summed E-state index contributed by atoms with van der Waals surface area (Å²) >= 11 is 0. The van der Waals surface area contributed by atoms with Crippen molar-refractivity contribution in [2.75, 3.05) is 35.4 Å². The zero-order chi connectivity index (χ0) is 25.8. The Balaban J connectivity index is 2.24. The van der Waals surface area contributed by atoms with Crippen molar-refractivity contribution < 1.29 is 23.9 Å². The van der Waals surface area contributed by atoms with E-state index in [1.54, 1.807) is 0 Å². The Bertz CT molecular complexity index is 963. The van der Waals surface area contributed by atoms with E-state index in [0.29, 0.717) is 29.6 Å². The zero-order valence-electron chi connectivity index (χ0n) is 21.3. The van der Waals surface area contributed by atoms with Crippen molar-refractivity contribution in [3.05, 3.63) is 53.6 Å². The van der Waals surface area contributed by atoms with Crippen LogP contribution in [0.1, 0.15) is 45.2 Å². The fraction of sp³-hybridized carbons (Fsp3) is 0.444. The minimum Gasteiger partial charge on any atom is -0.430 e. The van der Waals surface area contributed by atoms with Crippen LogP contribution in [0, 0.1) is 18.8 Å². The predicted octanol–water partition coefficient (Wildman–Crippen LogP) is 5.36. The molecule has 0 heterocycles. The SMILES string of the molecule is Cc1ccc(NC(=O)Nc2cc(CCC(=O)OCOC=O)ccc2N(CC(C)C)CC(C)C)cc1. The number of anilines is 3. The smallest absolute Gasteiger partial charge is 0.323 e. The number of urea groups is 1. The zero-order valence-corrected chi connectivity index (χ0v) is 21.3. The highest BCUT2D eigenvalue weighted by Gasteiger charge is 2.17. The quantitative estimate of drug-likeness (QED) is 0.172. The highest BCUT2D eigenvalue weighted by Crippen LogP contribution is 2.30. The topological polar surface area (TPSA) is 97.0 Å². The molecule has 0 aliphatic carbocycles. The maximum Gasteiger partial charge on any atom is 0.323 e. The summed E-state index contributed by atoms with van der Waals surface area (Å²) in [6.07, 6.45) is 0.543. The number of hydrogen-bond acceptors (Lipinski definition) is 6. The van der Waals surface area contributed by atoms with Crippen molar-refractivity contribution in [2.45, 2.75) is 47.5 Å². The highest BCUT2D eigenvalue weighted by atomic mass is 16.7. The molecule has 0 aliphatic rings. The normalized spacial score (nSPS) is 10.7. The summed E-state index contributed by atoms with van der Waals surface area (Å²) in [5, 5.41) is 5.88. The standard InChI is InChI=1S/C27H37N3O5/c1-19(2)15-30(16-20(3)4)25-12-8-22(9-13-26(32)35-18-34-17-31)14-24(25)29-27(33)28-23-10-6-21(5)7-11-23/h6-8,10-12,14,17,19-20H,9,13,15-16,18H2,1-5H3,(H2,28,29,33). The van der Waals surface area contributed by atoms with Gasteiger partial charge in [0.15, 0.2) is 0 Å². The summed E-state index contributed by atoms with van der Waals surface area (Å²) < 4.78 is 9.24. The van der Waals surface area contributed by atoms with Gasteiger partial charge in [-0.1, -0.05) is 51.5 Å². The fourth-order valence-electron chi connectivity index (χ4n) is 3.63. The minimum atomic E-state index is -0.469. The van der Waals surface area contributed by atoms with Gasteiger partial charge in [0.25, 0.3) is 6.47 Å². The van der Waals surface area contributed by atoms with Gasteiger partial charge >= 0.3 is 12.0 Å². The Kier molecular flexibility index (Phi) is 11.1. The van der Waals surface area contributed by atoms with Crippen LogP contribution in [0.25, 0.3) is 0 Å². The molecule has 0 radical (unpaired) electrons. The Morgan fingerprint density at radius 2 is 1.63 bits per heavy atom. The van der Waals surface area contributed by atoms with Gasteiger partial charge in [-0.05, 0) is 55.0 Å². The molecule has 2 aromatic rings. The van der Waals surface area contributed by atoms with E-state index in [-0.39, 0.29) is 18.9 Å². The van der Waals surface area contributed by atoms with Crippen LogP contribution in [0.15, 0.2) is 42.5 Å². The Morgan fingerprint density at radius 1 is 0.971 bits per heavy atom. The van der Waals surface area contributed by atoms with Gasteiger partial charge in [0.05, 0.1) is 11.4 Å². The van der Waals surface area contributed by atoms with Gasteiger partial charge in [0.2, 0.25) is 6.79 Å². The lowest BCUT2D eigenvalue weighted by molar-refractivity contribution is -0.159. The highest BCUT2D eigenvalue weighted by molar-refractivity contribution is 6.02. The number of esters is 1. The molecule has 0 fully saturated rings. The van der Waals surface area contributed by atoms with Gasteiger partial charge < -0.3 is 25.0 Å². The van der Waals surface area contributed by atoms with Crippen molar-refractivity contribution in [2.24, 2.45) is 11.8 Å². The number of nitrogens with zero attached hydrogens (tertiary/aromatic N) is 1. The number of benzene rings is 2. The lowest BCUT2D eigenvalue weighted by Crippen LogP contribution is -2.32. The van der Waals surface area contributed by atoms with Gasteiger partial charge in [0, 0.05) is 25.2 Å². The van der Waals surface area contributed by atoms with E-state index in [9.17, 15) is 14.4 Å². The predicted molar refractivity (Wildman–Crippen MR) is 139 cm³/mol. The second-order valence-electron chi connectivity index (χ2n) is 9.39. The summed E-state index contributed by atoms with van der Waals surface area (Å²) in [7, 11) is 0. The number of carbonyl (C=O) groups is 3. The van der Waals surface area contributed by atoms with Crippen LogP contribution >= 0.6 is 0 Å². The molecule has 190 valence electrons. The molecule has 35 heavy (non-hydrogen) atoms. The Morgan fingerprint density at radius 3 is 2.23 bits per heavy atom. The summed E-state index contributed by atoms with van der Waals surface area (Å²) in [6.45, 7) is 12.2. The monoisotopic (exact) mass is 483 g/mol. The van der Waals surface area contributed by atoms with Crippen LogP contribution in [0.3, 0.4) is 0 Å². The molecule has 0 aliphatic heterocycles. The molecule has 0 saturated heterocycles. The van der Waals surface area contributed by atoms with E-state index in [1.165, 1.54) is 0 Å². The fourth-order valence-corrected chi connectivity index (χ4v) is 3.63. The lowest BCUT2D eigenvalue weighted by Gasteiger charge is -2.30. The van der Waals surface area contributed by atoms with E-state index in [0.717, 1.165) is 29.9 Å². The second kappa shape index (κ2) is 14.0. The second-order valence-corrected chi connectivity index (χ2v) is 9.39. The van der Waals surface area contributed by atoms with Crippen molar-refractivity contribution in [3.8, 4) is 0 Å². The van der Waals surface area contributed by atoms with Crippen LogP contribution < -0.4 is 15.5 Å². The number of nitrogens with one attached hydrogen (secondary N) is 2. The van der Waals surface area contributed by atoms with E-state index in [4.69, 9.17) is 4.74 Å². The van der Waals surface area contributed by atoms with Crippen molar-refractivity contribution in [3.63, 3.8) is 0 Å². The van der Waals surface area contributed by atoms with Gasteiger partial charge in [-0.2, -0.15) is 0 Å². The lowest BCUT2D eigenvalue weighted by atomic mass is 10.1. The molecule has 8 nitrogen and oxygen atoms in total. The molecule has 2 amide bonds. The van der Waals surface area contributed by atoms with Crippen LogP contribution in [-0.2, 0) is 25.5 Å². The number of hydrogen-bond donors (Lipinski definition) is 2. The molecule has 2 N–H and O–H groups in total. The Hall–Kier alpha value is -3.55. The molecule has 0 aromatic heterocycles. The third kappa shape index (κ3) is 10.1. The van der Waals surface area contributed by atoms with Crippen molar-refractivity contribution in [1.29, 1.82) is 0 Å². The van der Waals surface area contributed by atoms with Crippen LogP contribution in [0.4, 0.5) is 21.9 Å². The maximum atomic E-state index is 12.9. The summed E-state index contributed by atoms with van der Waals surface area (Å²) in [5.74, 6) is 0.404. The Labute approximate surface area is 208 Å². The van der Waals surface area contributed by atoms with Gasteiger partial charge in [-0.15, -0.1) is 0 Å². The summed E-state index contributed by atoms with van der Waals surface area (Å²) in [4.78, 5) is 37.2. The number of amides is 2. The van der Waals surface area contributed by atoms with E-state index >= 15 is 0 Å². The molecule has 0 unspecified atom stereocenters. The average Bonchev–Trinajstić information content (AvgIpc) is 2.78. The van der Waals surface area contributed by atoms with Crippen molar-refractivity contribution >= 4 is 35.5 Å². The van der Waals surface area contributed by atoms with Crippen LogP contribution in [-0.4, -0.2) is 38.4 Å². The molecule has 0 bridgehead atoms. The van der Waals surface area contributed by atoms with Crippen LogP contribution in [0.5, 0.6) is 0 Å². The molecule has 0 atom stereocenters. The first-order chi connectivity index (χ1) is 16.7. The largest absolute Gasteiger partial charge is 0.430 e. The average molecular weight is 484 g/mol. The van der Waals surface area contributed by atoms with E-state index in [1.807, 2.05) is 49.4 Å². The minimum absolute atomic E-state index is 0.123. The summed E-state index contributed by atoms with van der Waals surface area (Å²) in [6, 6.07) is 13.1. The van der Waals surface area contributed by atoms with E-state index in [2.05, 4.69) is 48.0 Å². The third-order valence-corrected chi connectivity index (χ3v) is 5.10. The molecular formula is C27H37N3O5.